The maximum atomic E-state index is 14.5. The van der Waals surface area contributed by atoms with Crippen LogP contribution in [-0.2, 0) is 22.6 Å². The van der Waals surface area contributed by atoms with E-state index in [0.29, 0.717) is 23.7 Å². The molecule has 2 atom stereocenters. The third-order valence-corrected chi connectivity index (χ3v) is 6.17. The Morgan fingerprint density at radius 2 is 2.07 bits per heavy atom. The second-order valence-corrected chi connectivity index (χ2v) is 8.06. The topological polar surface area (TPSA) is 46.6 Å². The molecule has 0 aliphatic carbocycles. The highest BCUT2D eigenvalue weighted by Gasteiger charge is 2.34. The van der Waals surface area contributed by atoms with Crippen LogP contribution in [0.1, 0.15) is 49.2 Å². The van der Waals surface area contributed by atoms with Crippen LogP contribution in [0, 0.1) is 11.7 Å². The predicted molar refractivity (Wildman–Crippen MR) is 103 cm³/mol. The van der Waals surface area contributed by atoms with E-state index in [1.54, 1.807) is 18.2 Å². The van der Waals surface area contributed by atoms with E-state index in [0.717, 1.165) is 23.3 Å². The summed E-state index contributed by atoms with van der Waals surface area (Å²) in [5.41, 5.74) is 1.47. The van der Waals surface area contributed by atoms with Crippen molar-refractivity contribution in [3.05, 3.63) is 52.2 Å². The lowest BCUT2D eigenvalue weighted by Gasteiger charge is -2.35. The van der Waals surface area contributed by atoms with Gasteiger partial charge in [-0.15, -0.1) is 11.3 Å². The van der Waals surface area contributed by atoms with Crippen molar-refractivity contribution < 1.29 is 18.7 Å². The van der Waals surface area contributed by atoms with Crippen LogP contribution in [-0.4, -0.2) is 23.2 Å². The fourth-order valence-corrected chi connectivity index (χ4v) is 4.49. The van der Waals surface area contributed by atoms with Crippen molar-refractivity contribution in [1.82, 2.24) is 4.90 Å². The molecule has 0 radical (unpaired) electrons. The van der Waals surface area contributed by atoms with Crippen molar-refractivity contribution in [2.45, 2.75) is 46.2 Å². The second-order valence-electron chi connectivity index (χ2n) is 6.96. The van der Waals surface area contributed by atoms with Gasteiger partial charge in [0.15, 0.2) is 10.8 Å². The Kier molecular flexibility index (Phi) is 6.07. The lowest BCUT2D eigenvalue weighted by Crippen LogP contribution is -2.39. The molecule has 3 rings (SSSR count). The number of carbonyl (C=O) groups excluding carboxylic acids is 2. The Morgan fingerprint density at radius 3 is 2.74 bits per heavy atom. The molecule has 1 aromatic heterocycles. The molecule has 0 fully saturated rings. The van der Waals surface area contributed by atoms with E-state index in [2.05, 4.69) is 0 Å². The maximum absolute atomic E-state index is 14.5. The summed E-state index contributed by atoms with van der Waals surface area (Å²) in [6.07, 6.45) is 1.47. The van der Waals surface area contributed by atoms with Gasteiger partial charge in [-0.2, -0.15) is 0 Å². The van der Waals surface area contributed by atoms with Gasteiger partial charge in [0.2, 0.25) is 0 Å². The summed E-state index contributed by atoms with van der Waals surface area (Å²) < 4.78 is 19.7. The van der Waals surface area contributed by atoms with Crippen molar-refractivity contribution in [2.24, 2.45) is 5.92 Å². The first-order valence-electron chi connectivity index (χ1n) is 9.22. The summed E-state index contributed by atoms with van der Waals surface area (Å²) in [4.78, 5) is 27.5. The minimum atomic E-state index is -0.605. The lowest BCUT2D eigenvalue weighted by molar-refractivity contribution is -0.131. The van der Waals surface area contributed by atoms with E-state index >= 15 is 0 Å². The number of nitrogens with zero attached hydrogens (tertiary/aromatic N) is 1. The van der Waals surface area contributed by atoms with Crippen LogP contribution in [0.4, 0.5) is 4.39 Å². The second kappa shape index (κ2) is 8.31. The number of Topliss-reactive ketones (excluding diaryl/α,β-unsaturated/α-hetero) is 1. The van der Waals surface area contributed by atoms with Crippen LogP contribution < -0.4 is 4.74 Å². The molecule has 4 nitrogen and oxygen atoms in total. The highest BCUT2D eigenvalue weighted by Crippen LogP contribution is 2.37. The zero-order valence-corrected chi connectivity index (χ0v) is 16.6. The van der Waals surface area contributed by atoms with E-state index in [-0.39, 0.29) is 23.5 Å². The third-order valence-electron chi connectivity index (χ3n) is 5.05. The molecule has 0 saturated carbocycles. The summed E-state index contributed by atoms with van der Waals surface area (Å²) in [6, 6.07) is 7.78. The lowest BCUT2D eigenvalue weighted by atomic mass is 9.90. The van der Waals surface area contributed by atoms with Gasteiger partial charge in [0, 0.05) is 36.4 Å². The Morgan fingerprint density at radius 1 is 1.33 bits per heavy atom. The molecule has 27 heavy (non-hydrogen) atoms. The van der Waals surface area contributed by atoms with Crippen LogP contribution in [0.5, 0.6) is 5.06 Å². The zero-order chi connectivity index (χ0) is 19.6. The summed E-state index contributed by atoms with van der Waals surface area (Å²) in [7, 11) is 0. The molecule has 0 saturated heterocycles. The number of carbonyl (C=O) groups is 2. The molecule has 6 heteroatoms. The fraction of sp³-hybridized carbons (Fsp3) is 0.429. The van der Waals surface area contributed by atoms with Gasteiger partial charge in [-0.1, -0.05) is 32.0 Å². The van der Waals surface area contributed by atoms with Crippen molar-refractivity contribution >= 4 is 23.1 Å². The molecule has 1 aliphatic rings. The van der Waals surface area contributed by atoms with E-state index in [1.165, 1.54) is 24.3 Å². The van der Waals surface area contributed by atoms with Gasteiger partial charge < -0.3 is 4.74 Å². The van der Waals surface area contributed by atoms with Crippen molar-refractivity contribution in [1.29, 1.82) is 0 Å². The maximum Gasteiger partial charge on any atom is 0.308 e. The van der Waals surface area contributed by atoms with Crippen molar-refractivity contribution in [2.75, 3.05) is 6.54 Å². The predicted octanol–water partition coefficient (Wildman–Crippen LogP) is 4.53. The Balaban J connectivity index is 1.92. The molecule has 1 aromatic carbocycles. The highest BCUT2D eigenvalue weighted by atomic mass is 32.1. The van der Waals surface area contributed by atoms with Crippen LogP contribution >= 0.6 is 11.3 Å². The average Bonchev–Trinajstić information content (AvgIpc) is 3.03. The van der Waals surface area contributed by atoms with Crippen LogP contribution in [0.2, 0.25) is 0 Å². The SMILES string of the molecule is CCC(C)C(=O)C(c1ccccc1F)N1CCc2sc(OC(C)=O)cc2C1. The number of hydrogen-bond donors (Lipinski definition) is 0. The quantitative estimate of drug-likeness (QED) is 0.681. The molecule has 0 spiro atoms. The number of halogens is 1. The van der Waals surface area contributed by atoms with Crippen LogP contribution in [0.15, 0.2) is 30.3 Å². The normalized spacial score (nSPS) is 16.4. The van der Waals surface area contributed by atoms with E-state index < -0.39 is 6.04 Å². The molecule has 2 unspecified atom stereocenters. The number of ether oxygens (including phenoxy) is 1. The van der Waals surface area contributed by atoms with Gasteiger partial charge in [-0.05, 0) is 30.5 Å². The largest absolute Gasteiger partial charge is 0.416 e. The number of fused-ring (bicyclic) bond motifs is 1. The van der Waals surface area contributed by atoms with E-state index in [9.17, 15) is 14.0 Å². The third kappa shape index (κ3) is 4.28. The summed E-state index contributed by atoms with van der Waals surface area (Å²) in [5, 5.41) is 0.574. The van der Waals surface area contributed by atoms with Crippen molar-refractivity contribution in [3.8, 4) is 5.06 Å². The van der Waals surface area contributed by atoms with Gasteiger partial charge in [0.25, 0.3) is 0 Å². The molecule has 0 amide bonds. The molecule has 2 aromatic rings. The molecule has 144 valence electrons. The van der Waals surface area contributed by atoms with Crippen LogP contribution in [0.25, 0.3) is 0 Å². The number of benzene rings is 1. The summed E-state index contributed by atoms with van der Waals surface area (Å²) in [6.45, 7) is 6.45. The Hall–Kier alpha value is -2.05. The zero-order valence-electron chi connectivity index (χ0n) is 15.8. The Labute approximate surface area is 162 Å². The van der Waals surface area contributed by atoms with Crippen molar-refractivity contribution in [3.63, 3.8) is 0 Å². The first-order valence-corrected chi connectivity index (χ1v) is 10.0. The van der Waals surface area contributed by atoms with Gasteiger partial charge in [-0.25, -0.2) is 4.39 Å². The number of rotatable bonds is 6. The number of ketones is 1. The molecular formula is C21H24FNO3S. The monoisotopic (exact) mass is 389 g/mol. The minimum Gasteiger partial charge on any atom is -0.416 e. The fourth-order valence-electron chi connectivity index (χ4n) is 3.44. The first-order chi connectivity index (χ1) is 12.9. The molecule has 0 N–H and O–H groups in total. The van der Waals surface area contributed by atoms with E-state index in [1.807, 2.05) is 24.8 Å². The van der Waals surface area contributed by atoms with Gasteiger partial charge in [-0.3, -0.25) is 14.5 Å². The van der Waals surface area contributed by atoms with Gasteiger partial charge in [0.1, 0.15) is 5.82 Å². The summed E-state index contributed by atoms with van der Waals surface area (Å²) >= 11 is 1.47. The number of esters is 1. The van der Waals surface area contributed by atoms with Gasteiger partial charge in [0.05, 0.1) is 6.04 Å². The molecule has 0 bridgehead atoms. The first kappa shape index (κ1) is 19.7. The van der Waals surface area contributed by atoms with Gasteiger partial charge >= 0.3 is 5.97 Å². The highest BCUT2D eigenvalue weighted by molar-refractivity contribution is 7.14. The smallest absolute Gasteiger partial charge is 0.308 e. The minimum absolute atomic E-state index is 0.0430. The average molecular weight is 389 g/mol. The standard InChI is InChI=1S/C21H24FNO3S/c1-4-13(2)21(25)20(16-7-5-6-8-17(16)22)23-10-9-18-15(12-23)11-19(27-18)26-14(3)24/h5-8,11,13,20H,4,9-10,12H2,1-3H3. The van der Waals surface area contributed by atoms with E-state index in [4.69, 9.17) is 4.74 Å². The summed E-state index contributed by atoms with van der Waals surface area (Å²) in [5.74, 6) is -0.797. The molecule has 2 heterocycles. The van der Waals surface area contributed by atoms with Crippen LogP contribution in [0.3, 0.4) is 0 Å². The molecular weight excluding hydrogens is 365 g/mol. The Bertz CT molecular complexity index is 848. The number of thiophene rings is 1. The number of hydrogen-bond acceptors (Lipinski definition) is 5. The molecule has 1 aliphatic heterocycles.